The molecule has 2 unspecified atom stereocenters. The van der Waals surface area contributed by atoms with Crippen molar-refractivity contribution in [2.45, 2.75) is 11.7 Å². The molecule has 3 heteroatoms. The third-order valence-corrected chi connectivity index (χ3v) is 3.70. The Hall–Kier alpha value is -0.700. The number of allylic oxidation sites excluding steroid dienone is 2. The molecule has 0 amide bonds. The van der Waals surface area contributed by atoms with E-state index in [1.165, 1.54) is 0 Å². The first-order valence-electron chi connectivity index (χ1n) is 4.02. The summed E-state index contributed by atoms with van der Waals surface area (Å²) in [5, 5.41) is 9.29. The van der Waals surface area contributed by atoms with Crippen molar-refractivity contribution in [3.63, 3.8) is 0 Å². The normalized spacial score (nSPS) is 32.8. The lowest BCUT2D eigenvalue weighted by atomic mass is 9.89. The summed E-state index contributed by atoms with van der Waals surface area (Å²) >= 11 is 1.86. The average molecular weight is 182 g/mol. The molecule has 12 heavy (non-hydrogen) atoms. The summed E-state index contributed by atoms with van der Waals surface area (Å²) in [6.45, 7) is 0. The zero-order valence-corrected chi connectivity index (χ0v) is 7.38. The van der Waals surface area contributed by atoms with E-state index in [1.54, 1.807) is 6.08 Å². The Morgan fingerprint density at radius 1 is 1.67 bits per heavy atom. The summed E-state index contributed by atoms with van der Waals surface area (Å²) in [5.74, 6) is 0.596. The van der Waals surface area contributed by atoms with Gasteiger partial charge >= 0.3 is 5.97 Å². The molecule has 0 spiro atoms. The van der Waals surface area contributed by atoms with Crippen LogP contribution in [0.2, 0.25) is 0 Å². The zero-order chi connectivity index (χ0) is 8.55. The Bertz CT molecular complexity index is 268. The summed E-state index contributed by atoms with van der Waals surface area (Å²) in [4.78, 5) is 10.8. The van der Waals surface area contributed by atoms with E-state index in [1.807, 2.05) is 17.8 Å². The smallest absolute Gasteiger partial charge is 0.331 e. The Labute approximate surface area is 75.3 Å². The van der Waals surface area contributed by atoms with Crippen molar-refractivity contribution < 1.29 is 9.90 Å². The molecule has 0 aromatic heterocycles. The fourth-order valence-electron chi connectivity index (χ4n) is 1.76. The van der Waals surface area contributed by atoms with Gasteiger partial charge in [0, 0.05) is 16.7 Å². The number of rotatable bonds is 1. The fraction of sp³-hybridized carbons (Fsp3) is 0.444. The van der Waals surface area contributed by atoms with Gasteiger partial charge < -0.3 is 5.11 Å². The first kappa shape index (κ1) is 7.92. The predicted molar refractivity (Wildman–Crippen MR) is 49.2 cm³/mol. The highest BCUT2D eigenvalue weighted by atomic mass is 32.2. The summed E-state index contributed by atoms with van der Waals surface area (Å²) in [6.07, 6.45) is 6.71. The van der Waals surface area contributed by atoms with Gasteiger partial charge in [0.2, 0.25) is 0 Å². The van der Waals surface area contributed by atoms with Crippen LogP contribution < -0.4 is 0 Å². The molecule has 0 bridgehead atoms. The van der Waals surface area contributed by atoms with Gasteiger partial charge in [0.15, 0.2) is 0 Å². The molecule has 0 aromatic rings. The number of carboxylic acid groups (broad SMARTS) is 1. The largest absolute Gasteiger partial charge is 0.478 e. The lowest BCUT2D eigenvalue weighted by molar-refractivity contribution is -0.133. The van der Waals surface area contributed by atoms with Crippen LogP contribution in [0.3, 0.4) is 0 Å². The first-order valence-corrected chi connectivity index (χ1v) is 5.07. The summed E-state index contributed by atoms with van der Waals surface area (Å²) in [5.41, 5.74) is 0.590. The number of hydrogen-bond acceptors (Lipinski definition) is 2. The van der Waals surface area contributed by atoms with Crippen LogP contribution in [0.15, 0.2) is 23.8 Å². The second kappa shape index (κ2) is 2.98. The molecule has 1 N–H and O–H groups in total. The molecule has 1 heterocycles. The fourth-order valence-corrected chi connectivity index (χ4v) is 3.13. The van der Waals surface area contributed by atoms with Gasteiger partial charge in [-0.3, -0.25) is 0 Å². The Kier molecular flexibility index (Phi) is 1.97. The minimum atomic E-state index is -0.753. The van der Waals surface area contributed by atoms with E-state index in [0.717, 1.165) is 12.2 Å². The highest BCUT2D eigenvalue weighted by Crippen LogP contribution is 2.39. The number of thioether (sulfide) groups is 1. The maximum atomic E-state index is 10.8. The monoisotopic (exact) mass is 182 g/mol. The Balaban J connectivity index is 2.27. The number of carbonyl (C=O) groups is 1. The van der Waals surface area contributed by atoms with Crippen molar-refractivity contribution in [1.29, 1.82) is 0 Å². The molecule has 0 aromatic carbocycles. The van der Waals surface area contributed by atoms with Gasteiger partial charge in [0.25, 0.3) is 0 Å². The second-order valence-corrected chi connectivity index (χ2v) is 4.33. The molecular weight excluding hydrogens is 172 g/mol. The van der Waals surface area contributed by atoms with Gasteiger partial charge in [0.05, 0.1) is 0 Å². The molecule has 2 nitrogen and oxygen atoms in total. The highest BCUT2D eigenvalue weighted by molar-refractivity contribution is 8.00. The molecule has 2 rings (SSSR count). The minimum absolute atomic E-state index is 0.262. The number of aliphatic carboxylic acids is 1. The summed E-state index contributed by atoms with van der Waals surface area (Å²) in [6, 6.07) is 0. The van der Waals surface area contributed by atoms with E-state index in [-0.39, 0.29) is 5.92 Å². The first-order chi connectivity index (χ1) is 5.79. The van der Waals surface area contributed by atoms with E-state index in [9.17, 15) is 4.79 Å². The lowest BCUT2D eigenvalue weighted by Crippen LogP contribution is -2.20. The number of hydrogen-bond donors (Lipinski definition) is 1. The van der Waals surface area contributed by atoms with Crippen LogP contribution >= 0.6 is 11.8 Å². The van der Waals surface area contributed by atoms with Crippen LogP contribution in [0.4, 0.5) is 0 Å². The topological polar surface area (TPSA) is 37.3 Å². The molecule has 0 radical (unpaired) electrons. The minimum Gasteiger partial charge on any atom is -0.478 e. The van der Waals surface area contributed by atoms with E-state index in [2.05, 4.69) is 6.08 Å². The molecule has 64 valence electrons. The van der Waals surface area contributed by atoms with Crippen LogP contribution in [0.1, 0.15) is 6.42 Å². The predicted octanol–water partition coefficient (Wildman–Crippen LogP) is 1.69. The van der Waals surface area contributed by atoms with Crippen molar-refractivity contribution in [3.8, 4) is 0 Å². The Morgan fingerprint density at radius 3 is 3.25 bits per heavy atom. The standard InChI is InChI=1S/C9H10O2S/c10-9(11)7-2-1-3-8-6(7)4-5-12-8/h1-3,6,8H,4-5H2,(H,10,11). The number of fused-ring (bicyclic) bond motifs is 1. The van der Waals surface area contributed by atoms with Gasteiger partial charge in [-0.25, -0.2) is 4.79 Å². The van der Waals surface area contributed by atoms with E-state index in [0.29, 0.717) is 10.8 Å². The van der Waals surface area contributed by atoms with Gasteiger partial charge in [0.1, 0.15) is 0 Å². The van der Waals surface area contributed by atoms with Crippen LogP contribution in [0, 0.1) is 5.92 Å². The van der Waals surface area contributed by atoms with Crippen LogP contribution in [-0.4, -0.2) is 22.1 Å². The molecule has 2 atom stereocenters. The third-order valence-electron chi connectivity index (χ3n) is 2.36. The van der Waals surface area contributed by atoms with Gasteiger partial charge in [-0.15, -0.1) is 0 Å². The van der Waals surface area contributed by atoms with Crippen LogP contribution in [0.25, 0.3) is 0 Å². The third kappa shape index (κ3) is 1.18. The van der Waals surface area contributed by atoms with Gasteiger partial charge in [-0.2, -0.15) is 11.8 Å². The Morgan fingerprint density at radius 2 is 2.50 bits per heavy atom. The summed E-state index contributed by atoms with van der Waals surface area (Å²) in [7, 11) is 0. The van der Waals surface area contributed by atoms with E-state index in [4.69, 9.17) is 5.11 Å². The molecule has 1 fully saturated rings. The maximum absolute atomic E-state index is 10.8. The molecule has 1 aliphatic heterocycles. The highest BCUT2D eigenvalue weighted by Gasteiger charge is 2.33. The van der Waals surface area contributed by atoms with Crippen LogP contribution in [0.5, 0.6) is 0 Å². The average Bonchev–Trinajstić information content (AvgIpc) is 2.49. The van der Waals surface area contributed by atoms with Crippen molar-refractivity contribution in [1.82, 2.24) is 0 Å². The van der Waals surface area contributed by atoms with Gasteiger partial charge in [-0.05, 0) is 12.2 Å². The number of carboxylic acids is 1. The van der Waals surface area contributed by atoms with Crippen molar-refractivity contribution in [2.24, 2.45) is 5.92 Å². The molecular formula is C9H10O2S. The van der Waals surface area contributed by atoms with Crippen molar-refractivity contribution >= 4 is 17.7 Å². The molecule has 0 saturated carbocycles. The van der Waals surface area contributed by atoms with Crippen molar-refractivity contribution in [2.75, 3.05) is 5.75 Å². The summed E-state index contributed by atoms with van der Waals surface area (Å²) < 4.78 is 0. The molecule has 2 aliphatic rings. The SMILES string of the molecule is O=C(O)C1=CC=CC2SCCC12. The van der Waals surface area contributed by atoms with Crippen molar-refractivity contribution in [3.05, 3.63) is 23.8 Å². The van der Waals surface area contributed by atoms with Gasteiger partial charge in [-0.1, -0.05) is 18.2 Å². The van der Waals surface area contributed by atoms with E-state index >= 15 is 0 Å². The lowest BCUT2D eigenvalue weighted by Gasteiger charge is -2.18. The van der Waals surface area contributed by atoms with E-state index < -0.39 is 5.97 Å². The second-order valence-electron chi connectivity index (χ2n) is 3.04. The zero-order valence-electron chi connectivity index (χ0n) is 6.56. The molecule has 1 saturated heterocycles. The van der Waals surface area contributed by atoms with Crippen LogP contribution in [-0.2, 0) is 4.79 Å². The quantitative estimate of drug-likeness (QED) is 0.670. The molecule has 1 aliphatic carbocycles. The maximum Gasteiger partial charge on any atom is 0.331 e.